The molecule has 28 heavy (non-hydrogen) atoms. The van der Waals surface area contributed by atoms with E-state index in [9.17, 15) is 9.59 Å². The van der Waals surface area contributed by atoms with Crippen LogP contribution in [-0.4, -0.2) is 21.5 Å². The SMILES string of the molecule is Cn1c(SC(C(=O)NC2CC2)c2ccccc2)nc2sc3c(c2c1=O)CCC3. The van der Waals surface area contributed by atoms with Crippen LogP contribution < -0.4 is 10.9 Å². The van der Waals surface area contributed by atoms with Gasteiger partial charge in [-0.3, -0.25) is 14.2 Å². The molecule has 1 fully saturated rings. The maximum absolute atomic E-state index is 13.1. The van der Waals surface area contributed by atoms with Gasteiger partial charge in [0.2, 0.25) is 5.91 Å². The van der Waals surface area contributed by atoms with Crippen molar-refractivity contribution in [2.45, 2.75) is 48.6 Å². The summed E-state index contributed by atoms with van der Waals surface area (Å²) in [5.41, 5.74) is 2.12. The zero-order valence-electron chi connectivity index (χ0n) is 15.6. The summed E-state index contributed by atoms with van der Waals surface area (Å²) in [5.74, 6) is -0.0123. The number of nitrogens with one attached hydrogen (secondary N) is 1. The van der Waals surface area contributed by atoms with Crippen LogP contribution in [0.15, 0.2) is 40.3 Å². The average molecular weight is 412 g/mol. The molecule has 1 saturated carbocycles. The molecule has 0 aliphatic heterocycles. The lowest BCUT2D eigenvalue weighted by Crippen LogP contribution is -2.30. The van der Waals surface area contributed by atoms with E-state index in [1.54, 1.807) is 23.0 Å². The molecule has 0 spiro atoms. The minimum absolute atomic E-state index is 0.00122. The molecule has 0 radical (unpaired) electrons. The number of rotatable bonds is 5. The van der Waals surface area contributed by atoms with Gasteiger partial charge in [0.1, 0.15) is 10.1 Å². The fourth-order valence-electron chi connectivity index (χ4n) is 3.72. The number of aromatic nitrogens is 2. The van der Waals surface area contributed by atoms with E-state index in [1.165, 1.54) is 22.2 Å². The molecule has 3 aromatic rings. The number of hydrogen-bond acceptors (Lipinski definition) is 5. The number of carbonyl (C=O) groups excluding carboxylic acids is 1. The summed E-state index contributed by atoms with van der Waals surface area (Å²) in [5, 5.41) is 4.05. The van der Waals surface area contributed by atoms with Crippen LogP contribution >= 0.6 is 23.1 Å². The predicted molar refractivity (Wildman–Crippen MR) is 113 cm³/mol. The minimum Gasteiger partial charge on any atom is -0.352 e. The van der Waals surface area contributed by atoms with Crippen molar-refractivity contribution in [1.82, 2.24) is 14.9 Å². The van der Waals surface area contributed by atoms with Crippen molar-refractivity contribution in [2.75, 3.05) is 0 Å². The molecular formula is C21H21N3O2S2. The molecule has 2 aromatic heterocycles. The molecule has 0 saturated heterocycles. The van der Waals surface area contributed by atoms with Gasteiger partial charge in [0.05, 0.1) is 5.39 Å². The van der Waals surface area contributed by atoms with E-state index in [1.807, 2.05) is 30.3 Å². The van der Waals surface area contributed by atoms with E-state index < -0.39 is 5.25 Å². The van der Waals surface area contributed by atoms with Crippen molar-refractivity contribution in [3.8, 4) is 0 Å². The molecule has 2 heterocycles. The minimum atomic E-state index is -0.427. The first kappa shape index (κ1) is 17.9. The van der Waals surface area contributed by atoms with Crippen LogP contribution in [0.4, 0.5) is 0 Å². The molecular weight excluding hydrogens is 390 g/mol. The number of thioether (sulfide) groups is 1. The van der Waals surface area contributed by atoms with Crippen molar-refractivity contribution in [2.24, 2.45) is 7.05 Å². The largest absolute Gasteiger partial charge is 0.352 e. The third kappa shape index (κ3) is 3.16. The Morgan fingerprint density at radius 1 is 1.29 bits per heavy atom. The molecule has 0 bridgehead atoms. The smallest absolute Gasteiger partial charge is 0.262 e. The van der Waals surface area contributed by atoms with Gasteiger partial charge >= 0.3 is 0 Å². The standard InChI is InChI=1S/C21H21N3O2S2/c1-24-20(26)16-14-8-5-9-15(14)27-19(16)23-21(24)28-17(12-6-3-2-4-7-12)18(25)22-13-10-11-13/h2-4,6-7,13,17H,5,8-11H2,1H3,(H,22,25). The number of thiophene rings is 1. The highest BCUT2D eigenvalue weighted by Crippen LogP contribution is 2.38. The molecule has 1 atom stereocenters. The topological polar surface area (TPSA) is 64.0 Å². The summed E-state index contributed by atoms with van der Waals surface area (Å²) in [6.45, 7) is 0. The second kappa shape index (κ2) is 7.04. The molecule has 7 heteroatoms. The molecule has 5 nitrogen and oxygen atoms in total. The molecule has 1 amide bonds. The number of amides is 1. The molecule has 1 aromatic carbocycles. The first-order chi connectivity index (χ1) is 13.6. The number of carbonyl (C=O) groups is 1. The highest BCUT2D eigenvalue weighted by Gasteiger charge is 2.30. The molecule has 5 rings (SSSR count). The number of hydrogen-bond donors (Lipinski definition) is 1. The van der Waals surface area contributed by atoms with Crippen LogP contribution in [0.2, 0.25) is 0 Å². The van der Waals surface area contributed by atoms with E-state index in [2.05, 4.69) is 5.32 Å². The van der Waals surface area contributed by atoms with Gasteiger partial charge in [-0.2, -0.15) is 0 Å². The normalized spacial score (nSPS) is 16.9. The van der Waals surface area contributed by atoms with Gasteiger partial charge in [-0.1, -0.05) is 42.1 Å². The Bertz CT molecular complexity index is 1120. The molecule has 2 aliphatic rings. The highest BCUT2D eigenvalue weighted by atomic mass is 32.2. The Morgan fingerprint density at radius 2 is 2.07 bits per heavy atom. The van der Waals surface area contributed by atoms with Crippen molar-refractivity contribution in [1.29, 1.82) is 0 Å². The third-order valence-corrected chi connectivity index (χ3v) is 7.88. The Labute approximate surface area is 171 Å². The first-order valence-electron chi connectivity index (χ1n) is 9.65. The van der Waals surface area contributed by atoms with E-state index in [-0.39, 0.29) is 11.5 Å². The Balaban J connectivity index is 1.55. The fraction of sp³-hybridized carbons (Fsp3) is 0.381. The van der Waals surface area contributed by atoms with Gasteiger partial charge < -0.3 is 5.32 Å². The quantitative estimate of drug-likeness (QED) is 0.515. The number of aryl methyl sites for hydroxylation is 2. The van der Waals surface area contributed by atoms with Crippen LogP contribution in [0.3, 0.4) is 0 Å². The van der Waals surface area contributed by atoms with Crippen molar-refractivity contribution >= 4 is 39.2 Å². The lowest BCUT2D eigenvalue weighted by atomic mass is 10.1. The molecule has 1 N–H and O–H groups in total. The Hall–Kier alpha value is -2.12. The molecule has 2 aliphatic carbocycles. The summed E-state index contributed by atoms with van der Waals surface area (Å²) in [7, 11) is 1.76. The zero-order chi connectivity index (χ0) is 19.3. The van der Waals surface area contributed by atoms with E-state index >= 15 is 0 Å². The number of fused-ring (bicyclic) bond motifs is 3. The van der Waals surface area contributed by atoms with Crippen LogP contribution in [0.5, 0.6) is 0 Å². The number of benzene rings is 1. The lowest BCUT2D eigenvalue weighted by molar-refractivity contribution is -0.120. The van der Waals surface area contributed by atoms with Crippen LogP contribution in [-0.2, 0) is 24.7 Å². The van der Waals surface area contributed by atoms with Gasteiger partial charge in [-0.05, 0) is 43.2 Å². The van der Waals surface area contributed by atoms with Gasteiger partial charge in [-0.15, -0.1) is 11.3 Å². The maximum atomic E-state index is 13.1. The second-order valence-corrected chi connectivity index (χ2v) is 9.64. The fourth-order valence-corrected chi connectivity index (χ4v) is 6.10. The van der Waals surface area contributed by atoms with Gasteiger partial charge in [0, 0.05) is 18.0 Å². The molecule has 1 unspecified atom stereocenters. The summed E-state index contributed by atoms with van der Waals surface area (Å²) in [6, 6.07) is 10.0. The van der Waals surface area contributed by atoms with Gasteiger partial charge in [0.25, 0.3) is 5.56 Å². The van der Waals surface area contributed by atoms with Gasteiger partial charge in [-0.25, -0.2) is 4.98 Å². The highest BCUT2D eigenvalue weighted by molar-refractivity contribution is 8.00. The zero-order valence-corrected chi connectivity index (χ0v) is 17.2. The third-order valence-electron chi connectivity index (χ3n) is 5.39. The van der Waals surface area contributed by atoms with E-state index in [0.29, 0.717) is 11.2 Å². The van der Waals surface area contributed by atoms with Crippen molar-refractivity contribution in [3.05, 3.63) is 56.7 Å². The molecule has 144 valence electrons. The van der Waals surface area contributed by atoms with Crippen molar-refractivity contribution in [3.63, 3.8) is 0 Å². The number of nitrogens with zero attached hydrogens (tertiary/aromatic N) is 2. The lowest BCUT2D eigenvalue weighted by Gasteiger charge is -2.17. The summed E-state index contributed by atoms with van der Waals surface area (Å²) in [4.78, 5) is 32.9. The average Bonchev–Trinajstić information content (AvgIpc) is 3.27. The van der Waals surface area contributed by atoms with Crippen molar-refractivity contribution < 1.29 is 4.79 Å². The summed E-state index contributed by atoms with van der Waals surface area (Å²) in [6.07, 6.45) is 5.21. The maximum Gasteiger partial charge on any atom is 0.262 e. The summed E-state index contributed by atoms with van der Waals surface area (Å²) < 4.78 is 1.61. The van der Waals surface area contributed by atoms with Crippen LogP contribution in [0.25, 0.3) is 10.2 Å². The van der Waals surface area contributed by atoms with Crippen LogP contribution in [0, 0.1) is 0 Å². The Morgan fingerprint density at radius 3 is 2.82 bits per heavy atom. The van der Waals surface area contributed by atoms with E-state index in [4.69, 9.17) is 4.98 Å². The predicted octanol–water partition coefficient (Wildman–Crippen LogP) is 3.60. The van der Waals surface area contributed by atoms with Crippen LogP contribution in [0.1, 0.15) is 40.5 Å². The van der Waals surface area contributed by atoms with Gasteiger partial charge in [0.15, 0.2) is 5.16 Å². The first-order valence-corrected chi connectivity index (χ1v) is 11.3. The summed E-state index contributed by atoms with van der Waals surface area (Å²) >= 11 is 3.00. The second-order valence-electron chi connectivity index (χ2n) is 7.49. The van der Waals surface area contributed by atoms with E-state index in [0.717, 1.165) is 47.9 Å². The monoisotopic (exact) mass is 411 g/mol. The Kier molecular flexibility index (Phi) is 4.51.